The number of anilines is 2. The highest BCUT2D eigenvalue weighted by atomic mass is 16.5. The molecule has 1 aliphatic heterocycles. The van der Waals surface area contributed by atoms with Crippen molar-refractivity contribution in [2.75, 3.05) is 37.4 Å². The molecule has 0 radical (unpaired) electrons. The zero-order valence-electron chi connectivity index (χ0n) is 21.9. The number of hydrogen-bond donors (Lipinski definition) is 3. The molecule has 37 heavy (non-hydrogen) atoms. The molecule has 2 aromatic rings. The normalized spacial score (nSPS) is 20.3. The van der Waals surface area contributed by atoms with Gasteiger partial charge in [-0.1, -0.05) is 18.1 Å². The van der Waals surface area contributed by atoms with Crippen LogP contribution in [0.5, 0.6) is 5.75 Å². The summed E-state index contributed by atoms with van der Waals surface area (Å²) in [6.45, 7) is 7.51. The Morgan fingerprint density at radius 3 is 2.62 bits per heavy atom. The Morgan fingerprint density at radius 1 is 1.27 bits per heavy atom. The smallest absolute Gasteiger partial charge is 0.321 e. The zero-order valence-corrected chi connectivity index (χ0v) is 21.9. The largest absolute Gasteiger partial charge is 0.485 e. The maximum Gasteiger partial charge on any atom is 0.321 e. The third kappa shape index (κ3) is 5.71. The van der Waals surface area contributed by atoms with Crippen molar-refractivity contribution in [1.82, 2.24) is 15.0 Å². The van der Waals surface area contributed by atoms with Crippen molar-refractivity contribution in [2.45, 2.75) is 52.7 Å². The number of carbonyl (C=O) groups excluding carboxylic acids is 3. The number of nitrogens with zero attached hydrogens (tertiary/aromatic N) is 3. The average molecular weight is 514 g/mol. The van der Waals surface area contributed by atoms with E-state index in [9.17, 15) is 19.5 Å². The van der Waals surface area contributed by atoms with Gasteiger partial charge in [0.05, 0.1) is 30.4 Å². The minimum atomic E-state index is -0.514. The molecule has 0 spiro atoms. The molecule has 0 bridgehead atoms. The van der Waals surface area contributed by atoms with Gasteiger partial charge in [-0.3, -0.25) is 9.59 Å². The number of amides is 4. The van der Waals surface area contributed by atoms with Crippen molar-refractivity contribution >= 4 is 29.2 Å². The number of aromatic nitrogens is 1. The standard InChI is InChI=1S/C26H35N5O6/c1-14-11-31(15(2)13-32)25(34)19-7-6-8-20(27-24(33)18-9-10-18)23(19)36-21(14)12-30(5)26(35)28-22-16(3)29-37-17(22)4/h6-8,14-15,18,21,32H,9-13H2,1-5H3,(H,27,33)(H,28,35)/t14-,15-,21-/m1/s1. The van der Waals surface area contributed by atoms with Crippen LogP contribution in [0.1, 0.15) is 48.5 Å². The fourth-order valence-corrected chi connectivity index (χ4v) is 4.36. The highest BCUT2D eigenvalue weighted by Crippen LogP contribution is 2.37. The summed E-state index contributed by atoms with van der Waals surface area (Å²) in [6, 6.07) is 4.28. The summed E-state index contributed by atoms with van der Waals surface area (Å²) in [5.74, 6) is 0.161. The summed E-state index contributed by atoms with van der Waals surface area (Å²) in [5.41, 5.74) is 1.81. The van der Waals surface area contributed by atoms with Crippen molar-refractivity contribution < 1.29 is 28.8 Å². The highest BCUT2D eigenvalue weighted by Gasteiger charge is 2.36. The summed E-state index contributed by atoms with van der Waals surface area (Å²) in [4.78, 5) is 42.2. The van der Waals surface area contributed by atoms with E-state index >= 15 is 0 Å². The first-order valence-electron chi connectivity index (χ1n) is 12.6. The van der Waals surface area contributed by atoms with Crippen LogP contribution >= 0.6 is 0 Å². The second-order valence-electron chi connectivity index (χ2n) is 10.1. The van der Waals surface area contributed by atoms with Gasteiger partial charge in [0.2, 0.25) is 5.91 Å². The van der Waals surface area contributed by atoms with Gasteiger partial charge in [-0.25, -0.2) is 4.79 Å². The predicted molar refractivity (Wildman–Crippen MR) is 137 cm³/mol. The second-order valence-corrected chi connectivity index (χ2v) is 10.1. The van der Waals surface area contributed by atoms with E-state index in [-0.39, 0.29) is 48.6 Å². The summed E-state index contributed by atoms with van der Waals surface area (Å²) < 4.78 is 11.6. The van der Waals surface area contributed by atoms with E-state index < -0.39 is 12.1 Å². The maximum atomic E-state index is 13.5. The van der Waals surface area contributed by atoms with Crippen molar-refractivity contribution in [2.24, 2.45) is 11.8 Å². The molecule has 1 aromatic carbocycles. The van der Waals surface area contributed by atoms with Crippen LogP contribution in [-0.4, -0.2) is 76.8 Å². The molecule has 11 nitrogen and oxygen atoms in total. The van der Waals surface area contributed by atoms with E-state index in [1.54, 1.807) is 50.9 Å². The summed E-state index contributed by atoms with van der Waals surface area (Å²) >= 11 is 0. The molecule has 1 aromatic heterocycles. The lowest BCUT2D eigenvalue weighted by Gasteiger charge is -2.38. The Balaban J connectivity index is 1.63. The number of rotatable bonds is 7. The molecule has 1 fully saturated rings. The third-order valence-electron chi connectivity index (χ3n) is 6.96. The molecule has 0 saturated heterocycles. The number of ether oxygens (including phenoxy) is 1. The second kappa shape index (κ2) is 10.8. The first-order valence-corrected chi connectivity index (χ1v) is 12.6. The molecule has 2 aliphatic rings. The lowest BCUT2D eigenvalue weighted by molar-refractivity contribution is -0.117. The van der Waals surface area contributed by atoms with E-state index in [1.807, 2.05) is 6.92 Å². The van der Waals surface area contributed by atoms with Gasteiger partial charge in [-0.15, -0.1) is 0 Å². The number of benzene rings is 1. The van der Waals surface area contributed by atoms with E-state index in [1.165, 1.54) is 4.90 Å². The number of para-hydroxylation sites is 1. The monoisotopic (exact) mass is 513 g/mol. The Morgan fingerprint density at radius 2 is 2.00 bits per heavy atom. The van der Waals surface area contributed by atoms with E-state index in [4.69, 9.17) is 9.26 Å². The maximum absolute atomic E-state index is 13.5. The van der Waals surface area contributed by atoms with Crippen LogP contribution in [0.3, 0.4) is 0 Å². The topological polar surface area (TPSA) is 137 Å². The van der Waals surface area contributed by atoms with Crippen molar-refractivity contribution in [1.29, 1.82) is 0 Å². The molecule has 11 heteroatoms. The Kier molecular flexibility index (Phi) is 7.72. The van der Waals surface area contributed by atoms with E-state index in [2.05, 4.69) is 15.8 Å². The lowest BCUT2D eigenvalue weighted by Crippen LogP contribution is -2.50. The van der Waals surface area contributed by atoms with Crippen LogP contribution in [-0.2, 0) is 4.79 Å². The number of aliphatic hydroxyl groups excluding tert-OH is 1. The molecule has 1 saturated carbocycles. The van der Waals surface area contributed by atoms with Gasteiger partial charge in [-0.05, 0) is 45.7 Å². The molecule has 2 heterocycles. The minimum Gasteiger partial charge on any atom is -0.485 e. The van der Waals surface area contributed by atoms with Gasteiger partial charge in [0.15, 0.2) is 11.5 Å². The van der Waals surface area contributed by atoms with Crippen molar-refractivity contribution in [3.63, 3.8) is 0 Å². The molecule has 3 N–H and O–H groups in total. The number of hydrogen-bond acceptors (Lipinski definition) is 7. The highest BCUT2D eigenvalue weighted by molar-refractivity contribution is 6.02. The van der Waals surface area contributed by atoms with Gasteiger partial charge in [-0.2, -0.15) is 0 Å². The molecule has 200 valence electrons. The van der Waals surface area contributed by atoms with Crippen molar-refractivity contribution in [3.8, 4) is 5.75 Å². The number of aliphatic hydroxyl groups is 1. The third-order valence-corrected chi connectivity index (χ3v) is 6.96. The van der Waals surface area contributed by atoms with Gasteiger partial charge in [0.1, 0.15) is 17.5 Å². The van der Waals surface area contributed by atoms with Gasteiger partial charge < -0.3 is 34.8 Å². The lowest BCUT2D eigenvalue weighted by atomic mass is 9.99. The molecule has 4 amide bonds. The molecular weight excluding hydrogens is 478 g/mol. The van der Waals surface area contributed by atoms with Crippen LogP contribution < -0.4 is 15.4 Å². The summed E-state index contributed by atoms with van der Waals surface area (Å²) in [5, 5.41) is 19.5. The Bertz CT molecular complexity index is 1160. The van der Waals surface area contributed by atoms with E-state index in [0.717, 1.165) is 12.8 Å². The fourth-order valence-electron chi connectivity index (χ4n) is 4.36. The summed E-state index contributed by atoms with van der Waals surface area (Å²) in [7, 11) is 1.66. The molecule has 3 atom stereocenters. The number of aryl methyl sites for hydroxylation is 2. The molecular formula is C26H35N5O6. The first kappa shape index (κ1) is 26.5. The number of fused-ring (bicyclic) bond motifs is 1. The summed E-state index contributed by atoms with van der Waals surface area (Å²) in [6.07, 6.45) is 1.17. The fraction of sp³-hybridized carbons (Fsp3) is 0.538. The SMILES string of the molecule is Cc1noc(C)c1NC(=O)N(C)C[C@H]1Oc2c(NC(=O)C3CC3)cccc2C(=O)N([C@H](C)CO)C[C@H]1C. The van der Waals surface area contributed by atoms with E-state index in [0.29, 0.717) is 34.9 Å². The van der Waals surface area contributed by atoms with Crippen LogP contribution in [0.2, 0.25) is 0 Å². The number of carbonyl (C=O) groups is 3. The number of nitrogens with one attached hydrogen (secondary N) is 2. The Labute approximate surface area is 216 Å². The van der Waals surface area contributed by atoms with Crippen molar-refractivity contribution in [3.05, 3.63) is 35.2 Å². The van der Waals surface area contributed by atoms with Gasteiger partial charge in [0, 0.05) is 25.4 Å². The quantitative estimate of drug-likeness (QED) is 0.517. The number of urea groups is 1. The minimum absolute atomic E-state index is 0.0279. The first-order chi connectivity index (χ1) is 17.6. The number of likely N-dealkylation sites (N-methyl/N-ethyl adjacent to an activating group) is 1. The average Bonchev–Trinajstić information content (AvgIpc) is 3.68. The van der Waals surface area contributed by atoms with Crippen LogP contribution in [0.25, 0.3) is 0 Å². The van der Waals surface area contributed by atoms with Crippen LogP contribution in [0, 0.1) is 25.7 Å². The Hall–Kier alpha value is -3.60. The molecule has 1 aliphatic carbocycles. The van der Waals surface area contributed by atoms with Crippen LogP contribution in [0.15, 0.2) is 22.7 Å². The van der Waals surface area contributed by atoms with Gasteiger partial charge >= 0.3 is 6.03 Å². The zero-order chi connectivity index (χ0) is 26.9. The molecule has 4 rings (SSSR count). The predicted octanol–water partition coefficient (Wildman–Crippen LogP) is 3.02. The molecule has 0 unspecified atom stereocenters. The van der Waals surface area contributed by atoms with Crippen LogP contribution in [0.4, 0.5) is 16.2 Å². The van der Waals surface area contributed by atoms with Gasteiger partial charge in [0.25, 0.3) is 5.91 Å².